The van der Waals surface area contributed by atoms with E-state index in [1.54, 1.807) is 11.8 Å². The largest absolute Gasteiger partial charge is 0.353 e. The van der Waals surface area contributed by atoms with Crippen molar-refractivity contribution in [2.45, 2.75) is 32.1 Å². The van der Waals surface area contributed by atoms with Gasteiger partial charge < -0.3 is 5.32 Å². The Morgan fingerprint density at radius 1 is 1.33 bits per heavy atom. The first-order valence-electron chi connectivity index (χ1n) is 4.69. The van der Waals surface area contributed by atoms with Crippen LogP contribution in [0.25, 0.3) is 0 Å². The van der Waals surface area contributed by atoms with Crippen molar-refractivity contribution >= 4 is 11.8 Å². The summed E-state index contributed by atoms with van der Waals surface area (Å²) in [5.41, 5.74) is 1.42. The van der Waals surface area contributed by atoms with Crippen molar-refractivity contribution in [2.75, 3.05) is 0 Å². The molecule has 2 heteroatoms. The minimum absolute atomic E-state index is 0.797. The van der Waals surface area contributed by atoms with Crippen LogP contribution in [-0.4, -0.2) is 0 Å². The first-order valence-corrected chi connectivity index (χ1v) is 5.57. The van der Waals surface area contributed by atoms with Gasteiger partial charge in [-0.25, -0.2) is 0 Å². The summed E-state index contributed by atoms with van der Waals surface area (Å²) in [4.78, 5) is 0. The number of allylic oxidation sites excluding steroid dienone is 1. The molecule has 0 saturated heterocycles. The summed E-state index contributed by atoms with van der Waals surface area (Å²) in [7, 11) is 0. The first-order chi connectivity index (χ1) is 5.86. The van der Waals surface area contributed by atoms with Crippen LogP contribution < -0.4 is 5.32 Å². The van der Waals surface area contributed by atoms with E-state index in [-0.39, 0.29) is 0 Å². The third-order valence-electron chi connectivity index (χ3n) is 2.66. The zero-order chi connectivity index (χ0) is 8.39. The Hall–Kier alpha value is -0.370. The van der Waals surface area contributed by atoms with E-state index in [0.29, 0.717) is 0 Å². The first kappa shape index (κ1) is 8.24. The van der Waals surface area contributed by atoms with Gasteiger partial charge in [0.1, 0.15) is 0 Å². The van der Waals surface area contributed by atoms with Crippen molar-refractivity contribution in [1.82, 2.24) is 5.32 Å². The SMILES string of the molecule is C=C1NC(C2CCCCC2)=CS1. The molecule has 0 aromatic rings. The molecule has 1 nitrogen and oxygen atoms in total. The maximum absolute atomic E-state index is 3.90. The van der Waals surface area contributed by atoms with Crippen LogP contribution in [0.15, 0.2) is 22.7 Å². The Morgan fingerprint density at radius 2 is 2.08 bits per heavy atom. The zero-order valence-corrected chi connectivity index (χ0v) is 8.12. The van der Waals surface area contributed by atoms with Gasteiger partial charge in [0.25, 0.3) is 0 Å². The van der Waals surface area contributed by atoms with Crippen molar-refractivity contribution in [3.63, 3.8) is 0 Å². The quantitative estimate of drug-likeness (QED) is 0.666. The predicted molar refractivity (Wildman–Crippen MR) is 54.5 cm³/mol. The summed E-state index contributed by atoms with van der Waals surface area (Å²) in [5.74, 6) is 0.797. The maximum Gasteiger partial charge on any atom is 0.0693 e. The van der Waals surface area contributed by atoms with Gasteiger partial charge in [-0.1, -0.05) is 37.6 Å². The fourth-order valence-electron chi connectivity index (χ4n) is 1.97. The summed E-state index contributed by atoms with van der Waals surface area (Å²) in [6.45, 7) is 3.90. The van der Waals surface area contributed by atoms with Crippen LogP contribution in [0.2, 0.25) is 0 Å². The lowest BCUT2D eigenvalue weighted by molar-refractivity contribution is 0.394. The third-order valence-corrected chi connectivity index (χ3v) is 3.42. The number of thioether (sulfide) groups is 1. The Labute approximate surface area is 78.3 Å². The monoisotopic (exact) mass is 181 g/mol. The molecule has 1 aliphatic heterocycles. The van der Waals surface area contributed by atoms with Crippen molar-refractivity contribution in [1.29, 1.82) is 0 Å². The van der Waals surface area contributed by atoms with Crippen LogP contribution >= 0.6 is 11.8 Å². The van der Waals surface area contributed by atoms with Gasteiger partial charge in [-0.05, 0) is 24.2 Å². The second-order valence-electron chi connectivity index (χ2n) is 3.57. The normalized spacial score (nSPS) is 25.3. The highest BCUT2D eigenvalue weighted by Gasteiger charge is 2.20. The highest BCUT2D eigenvalue weighted by molar-refractivity contribution is 8.06. The fourth-order valence-corrected chi connectivity index (χ4v) is 2.66. The summed E-state index contributed by atoms with van der Waals surface area (Å²) in [5, 5.41) is 6.68. The summed E-state index contributed by atoms with van der Waals surface area (Å²) >= 11 is 1.73. The number of hydrogen-bond donors (Lipinski definition) is 1. The molecular formula is C10H15NS. The average molecular weight is 181 g/mol. The fraction of sp³-hybridized carbons (Fsp3) is 0.600. The molecule has 1 aliphatic carbocycles. The van der Waals surface area contributed by atoms with E-state index in [1.807, 2.05) is 0 Å². The molecule has 0 spiro atoms. The highest BCUT2D eigenvalue weighted by atomic mass is 32.2. The van der Waals surface area contributed by atoms with E-state index >= 15 is 0 Å². The molecule has 0 bridgehead atoms. The lowest BCUT2D eigenvalue weighted by Gasteiger charge is -2.22. The molecule has 12 heavy (non-hydrogen) atoms. The molecule has 1 heterocycles. The standard InChI is InChI=1S/C10H15NS/c1-8-11-10(7-12-8)9-5-3-2-4-6-9/h7,9,11H,1-6H2. The Morgan fingerprint density at radius 3 is 2.67 bits per heavy atom. The molecular weight excluding hydrogens is 166 g/mol. The van der Waals surface area contributed by atoms with Gasteiger partial charge in [0.05, 0.1) is 5.03 Å². The van der Waals surface area contributed by atoms with E-state index in [4.69, 9.17) is 0 Å². The minimum atomic E-state index is 0.797. The van der Waals surface area contributed by atoms with Gasteiger partial charge in [0.2, 0.25) is 0 Å². The van der Waals surface area contributed by atoms with Crippen molar-refractivity contribution in [3.05, 3.63) is 22.7 Å². The molecule has 66 valence electrons. The Bertz CT molecular complexity index is 214. The van der Waals surface area contributed by atoms with Crippen molar-refractivity contribution in [3.8, 4) is 0 Å². The summed E-state index contributed by atoms with van der Waals surface area (Å²) < 4.78 is 0. The maximum atomic E-state index is 3.90. The van der Waals surface area contributed by atoms with Crippen LogP contribution in [0.4, 0.5) is 0 Å². The van der Waals surface area contributed by atoms with Crippen LogP contribution in [-0.2, 0) is 0 Å². The Kier molecular flexibility index (Phi) is 2.45. The van der Waals surface area contributed by atoms with Crippen molar-refractivity contribution < 1.29 is 0 Å². The molecule has 2 aliphatic rings. The van der Waals surface area contributed by atoms with Crippen LogP contribution in [0.3, 0.4) is 0 Å². The lowest BCUT2D eigenvalue weighted by atomic mass is 9.87. The molecule has 0 unspecified atom stereocenters. The predicted octanol–water partition coefficient (Wildman–Crippen LogP) is 3.22. The van der Waals surface area contributed by atoms with Gasteiger partial charge in [0, 0.05) is 5.70 Å². The summed E-state index contributed by atoms with van der Waals surface area (Å²) in [6.07, 6.45) is 6.97. The van der Waals surface area contributed by atoms with Crippen LogP contribution in [0.5, 0.6) is 0 Å². The molecule has 0 radical (unpaired) electrons. The number of hydrogen-bond acceptors (Lipinski definition) is 2. The van der Waals surface area contributed by atoms with E-state index < -0.39 is 0 Å². The third kappa shape index (κ3) is 1.69. The molecule has 0 atom stereocenters. The number of nitrogens with one attached hydrogen (secondary N) is 1. The van der Waals surface area contributed by atoms with Crippen LogP contribution in [0.1, 0.15) is 32.1 Å². The van der Waals surface area contributed by atoms with Crippen LogP contribution in [0, 0.1) is 5.92 Å². The second kappa shape index (κ2) is 3.56. The zero-order valence-electron chi connectivity index (χ0n) is 7.31. The molecule has 0 amide bonds. The van der Waals surface area contributed by atoms with E-state index in [1.165, 1.54) is 37.8 Å². The topological polar surface area (TPSA) is 12.0 Å². The van der Waals surface area contributed by atoms with E-state index in [2.05, 4.69) is 17.3 Å². The molecule has 0 aromatic carbocycles. The van der Waals surface area contributed by atoms with Gasteiger partial charge >= 0.3 is 0 Å². The molecule has 1 saturated carbocycles. The molecule has 0 aromatic heterocycles. The number of rotatable bonds is 1. The van der Waals surface area contributed by atoms with Crippen molar-refractivity contribution in [2.24, 2.45) is 5.92 Å². The molecule has 1 N–H and O–H groups in total. The highest BCUT2D eigenvalue weighted by Crippen LogP contribution is 2.34. The molecule has 1 fully saturated rings. The van der Waals surface area contributed by atoms with Gasteiger partial charge in [-0.3, -0.25) is 0 Å². The molecule has 2 rings (SSSR count). The van der Waals surface area contributed by atoms with E-state index in [0.717, 1.165) is 10.9 Å². The summed E-state index contributed by atoms with van der Waals surface area (Å²) in [6, 6.07) is 0. The smallest absolute Gasteiger partial charge is 0.0693 e. The van der Waals surface area contributed by atoms with Gasteiger partial charge in [-0.2, -0.15) is 0 Å². The minimum Gasteiger partial charge on any atom is -0.353 e. The average Bonchev–Trinajstić information content (AvgIpc) is 2.54. The van der Waals surface area contributed by atoms with E-state index in [9.17, 15) is 0 Å². The Balaban J connectivity index is 1.95. The van der Waals surface area contributed by atoms with Gasteiger partial charge in [-0.15, -0.1) is 0 Å². The van der Waals surface area contributed by atoms with Gasteiger partial charge in [0.15, 0.2) is 0 Å². The second-order valence-corrected chi connectivity index (χ2v) is 4.54. The lowest BCUT2D eigenvalue weighted by Crippen LogP contribution is -2.17.